The molecule has 3 saturated heterocycles. The molecule has 2 atom stereocenters. The number of sulfone groups is 1. The van der Waals surface area contributed by atoms with Gasteiger partial charge in [-0.25, -0.2) is 17.8 Å². The second-order valence-corrected chi connectivity index (χ2v) is 17.8. The third kappa shape index (κ3) is 6.08. The van der Waals surface area contributed by atoms with Crippen LogP contribution in [-0.4, -0.2) is 101 Å². The number of hydrogen-bond acceptors (Lipinski definition) is 10. The minimum Gasteiger partial charge on any atom is -0.434 e. The molecule has 3 aromatic rings. The van der Waals surface area contributed by atoms with Gasteiger partial charge in [0.05, 0.1) is 10.9 Å². The Morgan fingerprint density at radius 2 is 1.85 bits per heavy atom. The van der Waals surface area contributed by atoms with Crippen LogP contribution in [-0.2, 0) is 9.84 Å². The lowest BCUT2D eigenvalue weighted by atomic mass is 9.68. The molecule has 2 saturated carbocycles. The molecule has 48 heavy (non-hydrogen) atoms. The normalized spacial score (nSPS) is 26.5. The van der Waals surface area contributed by atoms with E-state index in [-0.39, 0.29) is 16.5 Å². The first kappa shape index (κ1) is 32.0. The van der Waals surface area contributed by atoms with Crippen molar-refractivity contribution in [3.05, 3.63) is 54.2 Å². The van der Waals surface area contributed by atoms with E-state index < -0.39 is 9.84 Å². The number of halogens is 1. The van der Waals surface area contributed by atoms with Crippen LogP contribution in [0.3, 0.4) is 0 Å². The summed E-state index contributed by atoms with van der Waals surface area (Å²) in [6, 6.07) is 9.61. The fourth-order valence-electron chi connectivity index (χ4n) is 9.09. The number of rotatable bonds is 10. The summed E-state index contributed by atoms with van der Waals surface area (Å²) in [5, 5.41) is 8.22. The maximum atomic E-state index is 14.6. The zero-order chi connectivity index (χ0) is 33.2. The summed E-state index contributed by atoms with van der Waals surface area (Å²) < 4.78 is 45.2. The molecule has 1 aromatic carbocycles. The molecule has 1 spiro atoms. The molecular formula is C36H46FN7O3S. The molecular weight excluding hydrogens is 630 g/mol. The van der Waals surface area contributed by atoms with Gasteiger partial charge >= 0.3 is 0 Å². The van der Waals surface area contributed by atoms with Crippen LogP contribution in [0.25, 0.3) is 11.3 Å². The van der Waals surface area contributed by atoms with Gasteiger partial charge in [-0.15, -0.1) is 10.2 Å². The van der Waals surface area contributed by atoms with Gasteiger partial charge in [0.2, 0.25) is 0 Å². The Morgan fingerprint density at radius 1 is 1.04 bits per heavy atom. The highest BCUT2D eigenvalue weighted by Gasteiger charge is 2.53. The largest absolute Gasteiger partial charge is 0.434 e. The molecule has 10 nitrogen and oxygen atoms in total. The summed E-state index contributed by atoms with van der Waals surface area (Å²) in [7, 11) is -2.97. The van der Waals surface area contributed by atoms with Gasteiger partial charge < -0.3 is 9.64 Å². The third-order valence-electron chi connectivity index (χ3n) is 11.7. The summed E-state index contributed by atoms with van der Waals surface area (Å²) in [6.45, 7) is 10.2. The average molecular weight is 676 g/mol. The van der Waals surface area contributed by atoms with Gasteiger partial charge in [-0.05, 0) is 92.7 Å². The van der Waals surface area contributed by atoms with Gasteiger partial charge in [0.15, 0.2) is 15.7 Å². The third-order valence-corrected chi connectivity index (χ3v) is 13.3. The Balaban J connectivity index is 0.931. The number of nitrogens with zero attached hydrogens (tertiary/aromatic N) is 7. The maximum absolute atomic E-state index is 14.6. The molecule has 5 aliphatic rings. The first-order valence-electron chi connectivity index (χ1n) is 17.6. The topological polar surface area (TPSA) is 105 Å². The molecule has 12 heteroatoms. The number of pyridine rings is 1. The number of ether oxygens (including phenoxy) is 1. The second kappa shape index (κ2) is 12.3. The van der Waals surface area contributed by atoms with E-state index in [1.165, 1.54) is 24.7 Å². The zero-order valence-electron chi connectivity index (χ0n) is 28.1. The van der Waals surface area contributed by atoms with Crippen LogP contribution in [0.1, 0.15) is 63.9 Å². The summed E-state index contributed by atoms with van der Waals surface area (Å²) in [6.07, 6.45) is 11.0. The number of hydrogen-bond donors (Lipinski definition) is 0. The lowest BCUT2D eigenvalue weighted by molar-refractivity contribution is -0.0782. The van der Waals surface area contributed by atoms with Crippen LogP contribution >= 0.6 is 0 Å². The van der Waals surface area contributed by atoms with Crippen molar-refractivity contribution in [1.29, 1.82) is 0 Å². The van der Waals surface area contributed by atoms with E-state index in [9.17, 15) is 12.8 Å². The van der Waals surface area contributed by atoms with Crippen LogP contribution in [0.2, 0.25) is 0 Å². The molecule has 5 heterocycles. The van der Waals surface area contributed by atoms with Gasteiger partial charge in [0.25, 0.3) is 5.88 Å². The van der Waals surface area contributed by atoms with Crippen molar-refractivity contribution in [3.63, 3.8) is 0 Å². The van der Waals surface area contributed by atoms with Gasteiger partial charge in [-0.3, -0.25) is 14.8 Å². The van der Waals surface area contributed by atoms with E-state index in [0.717, 1.165) is 82.5 Å². The molecule has 0 radical (unpaired) electrons. The van der Waals surface area contributed by atoms with Gasteiger partial charge in [0.1, 0.15) is 17.9 Å². The van der Waals surface area contributed by atoms with Crippen molar-refractivity contribution in [2.75, 3.05) is 50.4 Å². The van der Waals surface area contributed by atoms with Crippen LogP contribution in [0.4, 0.5) is 10.2 Å². The lowest BCUT2D eigenvalue weighted by Crippen LogP contribution is -2.65. The second-order valence-electron chi connectivity index (χ2n) is 15.5. The molecule has 2 aliphatic carbocycles. The predicted molar refractivity (Wildman–Crippen MR) is 182 cm³/mol. The fourth-order valence-corrected chi connectivity index (χ4v) is 10.1. The molecule has 3 aliphatic heterocycles. The molecule has 0 bridgehead atoms. The Kier molecular flexibility index (Phi) is 8.19. The SMILES string of the molecule is CC(C)[C@@H](C1CC(N2CC[C@@H](S(C)(=O)=O)C2)C1)N1CC2(CCN(c3ncnnc3Oc3ccc(F)cc3-c3ncccc3C3CC3)C2)C1. The van der Waals surface area contributed by atoms with Crippen LogP contribution in [0.15, 0.2) is 42.9 Å². The monoisotopic (exact) mass is 675 g/mol. The average Bonchev–Trinajstić information content (AvgIpc) is 3.57. The number of anilines is 1. The van der Waals surface area contributed by atoms with E-state index in [4.69, 9.17) is 4.74 Å². The maximum Gasteiger partial charge on any atom is 0.282 e. The zero-order valence-corrected chi connectivity index (χ0v) is 28.9. The van der Waals surface area contributed by atoms with Crippen molar-refractivity contribution in [3.8, 4) is 22.9 Å². The van der Waals surface area contributed by atoms with Crippen LogP contribution in [0, 0.1) is 23.1 Å². The molecule has 256 valence electrons. The Bertz CT molecular complexity index is 1770. The molecule has 0 amide bonds. The smallest absolute Gasteiger partial charge is 0.282 e. The predicted octanol–water partition coefficient (Wildman–Crippen LogP) is 5.18. The summed E-state index contributed by atoms with van der Waals surface area (Å²) in [5.74, 6) is 2.79. The number of likely N-dealkylation sites (tertiary alicyclic amines) is 2. The van der Waals surface area contributed by atoms with Gasteiger partial charge in [-0.2, -0.15) is 0 Å². The van der Waals surface area contributed by atoms with E-state index in [1.54, 1.807) is 12.3 Å². The fraction of sp³-hybridized carbons (Fsp3) is 0.611. The standard InChI is InChI=1S/C36H46FN7O3S/c1-23(2)33(25-15-27(16-25)42-13-10-28(18-42)48(3,45)46)44-20-36(21-44)11-14-43(19-36)34-35(41-40-22-39-34)47-31-9-8-26(37)17-30(31)32-29(24-6-7-24)5-4-12-38-32/h4-5,8-9,12,17,22-25,27-28,33H,6-7,10-11,13-16,18-21H2,1-3H3/t25?,27?,28-,33+/m1/s1. The van der Waals surface area contributed by atoms with Crippen molar-refractivity contribution in [1.82, 2.24) is 30.0 Å². The van der Waals surface area contributed by atoms with E-state index in [0.29, 0.717) is 59.4 Å². The van der Waals surface area contributed by atoms with Crippen molar-refractivity contribution >= 4 is 15.7 Å². The minimum absolute atomic E-state index is 0.199. The Labute approximate surface area is 283 Å². The number of benzene rings is 1. The molecule has 8 rings (SSSR count). The van der Waals surface area contributed by atoms with E-state index in [2.05, 4.69) is 54.8 Å². The molecule has 0 unspecified atom stereocenters. The van der Waals surface area contributed by atoms with Crippen molar-refractivity contribution < 1.29 is 17.5 Å². The minimum atomic E-state index is -2.97. The summed E-state index contributed by atoms with van der Waals surface area (Å²) in [5.41, 5.74) is 2.68. The highest BCUT2D eigenvalue weighted by atomic mass is 32.2. The van der Waals surface area contributed by atoms with Crippen molar-refractivity contribution in [2.24, 2.45) is 17.3 Å². The van der Waals surface area contributed by atoms with Gasteiger partial charge in [-0.1, -0.05) is 19.9 Å². The molecule has 2 aromatic heterocycles. The first-order chi connectivity index (χ1) is 23.1. The van der Waals surface area contributed by atoms with Gasteiger partial charge in [0, 0.05) is 68.2 Å². The molecule has 5 fully saturated rings. The Hall–Kier alpha value is -3.22. The first-order valence-corrected chi connectivity index (χ1v) is 19.5. The number of aromatic nitrogens is 4. The molecule has 0 N–H and O–H groups in total. The van der Waals surface area contributed by atoms with Crippen LogP contribution in [0.5, 0.6) is 11.6 Å². The van der Waals surface area contributed by atoms with Crippen LogP contribution < -0.4 is 9.64 Å². The highest BCUT2D eigenvalue weighted by Crippen LogP contribution is 2.49. The summed E-state index contributed by atoms with van der Waals surface area (Å²) >= 11 is 0. The summed E-state index contributed by atoms with van der Waals surface area (Å²) in [4.78, 5) is 16.7. The van der Waals surface area contributed by atoms with Crippen molar-refractivity contribution in [2.45, 2.75) is 75.6 Å². The highest BCUT2D eigenvalue weighted by molar-refractivity contribution is 7.91. The Morgan fingerprint density at radius 3 is 2.58 bits per heavy atom. The van der Waals surface area contributed by atoms with E-state index in [1.807, 2.05) is 6.07 Å². The lowest BCUT2D eigenvalue weighted by Gasteiger charge is -2.57. The van der Waals surface area contributed by atoms with E-state index >= 15 is 0 Å². The quantitative estimate of drug-likeness (QED) is 0.286.